The Morgan fingerprint density at radius 2 is 1.95 bits per heavy atom. The van der Waals surface area contributed by atoms with E-state index in [0.29, 0.717) is 11.2 Å². The van der Waals surface area contributed by atoms with Gasteiger partial charge in [0.2, 0.25) is 0 Å². The van der Waals surface area contributed by atoms with Gasteiger partial charge in [0.15, 0.2) is 0 Å². The lowest BCUT2D eigenvalue weighted by Gasteiger charge is -2.14. The molecule has 0 amide bonds. The second-order valence-electron chi connectivity index (χ2n) is 5.29. The fraction of sp³-hybridized carbons (Fsp3) is 0.250. The van der Waals surface area contributed by atoms with Crippen LogP contribution in [0.1, 0.15) is 29.2 Å². The summed E-state index contributed by atoms with van der Waals surface area (Å²) in [6.45, 7) is 5.83. The van der Waals surface area contributed by atoms with Crippen molar-refractivity contribution in [1.29, 1.82) is 0 Å². The minimum absolute atomic E-state index is 0.116. The molecule has 0 bridgehead atoms. The number of aromatic amines is 1. The number of H-pyrrole nitrogens is 1. The molecule has 1 unspecified atom stereocenters. The van der Waals surface area contributed by atoms with Gasteiger partial charge in [-0.1, -0.05) is 0 Å². The average Bonchev–Trinajstić information content (AvgIpc) is 2.77. The Labute approximate surface area is 131 Å². The molecular formula is C16H16FN3OS. The molecule has 0 saturated carbocycles. The SMILES string of the molecule is Cc1sc2nc(C(C)Nc3ccc(F)cc3)[nH]c(=O)c2c1C. The second kappa shape index (κ2) is 5.53. The maximum Gasteiger partial charge on any atom is 0.259 e. The fourth-order valence-corrected chi connectivity index (χ4v) is 3.38. The van der Waals surface area contributed by atoms with Crippen LogP contribution in [0.3, 0.4) is 0 Å². The molecule has 1 atom stereocenters. The normalized spacial score (nSPS) is 12.5. The summed E-state index contributed by atoms with van der Waals surface area (Å²) >= 11 is 1.52. The van der Waals surface area contributed by atoms with Crippen LogP contribution in [-0.4, -0.2) is 9.97 Å². The van der Waals surface area contributed by atoms with E-state index in [1.54, 1.807) is 12.1 Å². The van der Waals surface area contributed by atoms with Crippen molar-refractivity contribution in [2.45, 2.75) is 26.8 Å². The summed E-state index contributed by atoms with van der Waals surface area (Å²) in [6, 6.07) is 5.90. The van der Waals surface area contributed by atoms with Gasteiger partial charge in [-0.15, -0.1) is 11.3 Å². The third kappa shape index (κ3) is 2.62. The third-order valence-corrected chi connectivity index (χ3v) is 4.80. The van der Waals surface area contributed by atoms with Crippen molar-refractivity contribution in [3.8, 4) is 0 Å². The van der Waals surface area contributed by atoms with Crippen LogP contribution >= 0.6 is 11.3 Å². The summed E-state index contributed by atoms with van der Waals surface area (Å²) in [5.74, 6) is 0.291. The topological polar surface area (TPSA) is 57.8 Å². The molecule has 0 fully saturated rings. The zero-order chi connectivity index (χ0) is 15.9. The molecule has 114 valence electrons. The van der Waals surface area contributed by atoms with Gasteiger partial charge in [-0.2, -0.15) is 0 Å². The van der Waals surface area contributed by atoms with Gasteiger partial charge in [0.1, 0.15) is 16.5 Å². The highest BCUT2D eigenvalue weighted by atomic mass is 32.1. The van der Waals surface area contributed by atoms with Gasteiger partial charge in [-0.05, 0) is 50.6 Å². The van der Waals surface area contributed by atoms with Crippen molar-refractivity contribution in [2.24, 2.45) is 0 Å². The summed E-state index contributed by atoms with van der Waals surface area (Å²) in [4.78, 5) is 21.5. The Bertz CT molecular complexity index is 883. The molecule has 1 aromatic carbocycles. The molecule has 0 aliphatic rings. The molecule has 22 heavy (non-hydrogen) atoms. The van der Waals surface area contributed by atoms with E-state index in [9.17, 15) is 9.18 Å². The van der Waals surface area contributed by atoms with Gasteiger partial charge in [0.05, 0.1) is 11.4 Å². The van der Waals surface area contributed by atoms with Gasteiger partial charge in [0, 0.05) is 10.6 Å². The number of nitrogens with one attached hydrogen (secondary N) is 2. The smallest absolute Gasteiger partial charge is 0.259 e. The molecular weight excluding hydrogens is 301 g/mol. The molecule has 0 spiro atoms. The number of thiophene rings is 1. The largest absolute Gasteiger partial charge is 0.375 e. The first-order chi connectivity index (χ1) is 10.5. The number of nitrogens with zero attached hydrogens (tertiary/aromatic N) is 1. The Kier molecular flexibility index (Phi) is 3.70. The monoisotopic (exact) mass is 317 g/mol. The van der Waals surface area contributed by atoms with E-state index in [1.165, 1.54) is 23.5 Å². The quantitative estimate of drug-likeness (QED) is 0.770. The lowest BCUT2D eigenvalue weighted by Crippen LogP contribution is -2.17. The van der Waals surface area contributed by atoms with E-state index < -0.39 is 0 Å². The number of fused-ring (bicyclic) bond motifs is 1. The first kappa shape index (κ1) is 14.7. The van der Waals surface area contributed by atoms with E-state index >= 15 is 0 Å². The number of aromatic nitrogens is 2. The van der Waals surface area contributed by atoms with Gasteiger partial charge in [0.25, 0.3) is 5.56 Å². The molecule has 3 rings (SSSR count). The zero-order valence-corrected chi connectivity index (χ0v) is 13.3. The number of anilines is 1. The maximum atomic E-state index is 12.9. The van der Waals surface area contributed by atoms with Crippen LogP contribution in [0.5, 0.6) is 0 Å². The Hall–Kier alpha value is -2.21. The first-order valence-corrected chi connectivity index (χ1v) is 7.79. The van der Waals surface area contributed by atoms with Crippen LogP contribution in [0.2, 0.25) is 0 Å². The van der Waals surface area contributed by atoms with Gasteiger partial charge >= 0.3 is 0 Å². The van der Waals surface area contributed by atoms with E-state index in [-0.39, 0.29) is 17.4 Å². The van der Waals surface area contributed by atoms with Crippen LogP contribution in [0.25, 0.3) is 10.2 Å². The van der Waals surface area contributed by atoms with Crippen LogP contribution in [0.4, 0.5) is 10.1 Å². The Morgan fingerprint density at radius 1 is 1.27 bits per heavy atom. The lowest BCUT2D eigenvalue weighted by molar-refractivity contribution is 0.628. The Balaban J connectivity index is 1.95. The van der Waals surface area contributed by atoms with Crippen LogP contribution < -0.4 is 10.9 Å². The minimum Gasteiger partial charge on any atom is -0.375 e. The highest BCUT2D eigenvalue weighted by Gasteiger charge is 2.15. The summed E-state index contributed by atoms with van der Waals surface area (Å²) in [5, 5.41) is 3.87. The molecule has 6 heteroatoms. The highest BCUT2D eigenvalue weighted by Crippen LogP contribution is 2.27. The molecule has 2 aromatic heterocycles. The summed E-state index contributed by atoms with van der Waals surface area (Å²) in [7, 11) is 0. The van der Waals surface area contributed by atoms with Gasteiger partial charge in [-0.25, -0.2) is 9.37 Å². The molecule has 0 saturated heterocycles. The number of aryl methyl sites for hydroxylation is 2. The third-order valence-electron chi connectivity index (χ3n) is 3.69. The molecule has 0 aliphatic carbocycles. The van der Waals surface area contributed by atoms with E-state index in [1.807, 2.05) is 20.8 Å². The predicted molar refractivity (Wildman–Crippen MR) is 88.2 cm³/mol. The summed E-state index contributed by atoms with van der Waals surface area (Å²) < 4.78 is 12.9. The zero-order valence-electron chi connectivity index (χ0n) is 12.5. The van der Waals surface area contributed by atoms with Crippen molar-refractivity contribution in [3.63, 3.8) is 0 Å². The Morgan fingerprint density at radius 3 is 2.64 bits per heavy atom. The molecule has 4 nitrogen and oxygen atoms in total. The maximum absolute atomic E-state index is 12.9. The predicted octanol–water partition coefficient (Wildman–Crippen LogP) is 3.91. The summed E-state index contributed by atoms with van der Waals surface area (Å²) in [6.07, 6.45) is 0. The number of halogens is 1. The summed E-state index contributed by atoms with van der Waals surface area (Å²) in [5.41, 5.74) is 1.64. The van der Waals surface area contributed by atoms with Crippen LogP contribution in [0, 0.1) is 19.7 Å². The molecule has 3 aromatic rings. The first-order valence-electron chi connectivity index (χ1n) is 6.97. The number of benzene rings is 1. The van der Waals surface area contributed by atoms with Crippen molar-refractivity contribution >= 4 is 27.2 Å². The van der Waals surface area contributed by atoms with Gasteiger partial charge in [-0.3, -0.25) is 4.79 Å². The molecule has 2 heterocycles. The van der Waals surface area contributed by atoms with Crippen molar-refractivity contribution in [2.75, 3.05) is 5.32 Å². The second-order valence-corrected chi connectivity index (χ2v) is 6.49. The van der Waals surface area contributed by atoms with E-state index in [4.69, 9.17) is 0 Å². The van der Waals surface area contributed by atoms with Crippen LogP contribution in [-0.2, 0) is 0 Å². The number of hydrogen-bond acceptors (Lipinski definition) is 4. The van der Waals surface area contributed by atoms with Crippen molar-refractivity contribution in [1.82, 2.24) is 9.97 Å². The molecule has 2 N–H and O–H groups in total. The van der Waals surface area contributed by atoms with Gasteiger partial charge < -0.3 is 10.3 Å². The van der Waals surface area contributed by atoms with Crippen molar-refractivity contribution in [3.05, 3.63) is 56.7 Å². The highest BCUT2D eigenvalue weighted by molar-refractivity contribution is 7.18. The standard InChI is InChI=1S/C16H16FN3OS/c1-8-10(3)22-16-13(8)15(21)19-14(20-16)9(2)18-12-6-4-11(17)5-7-12/h4-7,9,18H,1-3H3,(H,19,20,21). The van der Waals surface area contributed by atoms with E-state index in [0.717, 1.165) is 21.0 Å². The molecule has 0 radical (unpaired) electrons. The average molecular weight is 317 g/mol. The van der Waals surface area contributed by atoms with Crippen molar-refractivity contribution < 1.29 is 4.39 Å². The van der Waals surface area contributed by atoms with Crippen LogP contribution in [0.15, 0.2) is 29.1 Å². The lowest BCUT2D eigenvalue weighted by atomic mass is 10.2. The van der Waals surface area contributed by atoms with E-state index in [2.05, 4.69) is 15.3 Å². The molecule has 0 aliphatic heterocycles. The minimum atomic E-state index is -0.282. The number of hydrogen-bond donors (Lipinski definition) is 2. The fourth-order valence-electron chi connectivity index (χ4n) is 2.34. The number of rotatable bonds is 3.